The molecule has 48 valence electrons. The van der Waals surface area contributed by atoms with E-state index in [9.17, 15) is 0 Å². The van der Waals surface area contributed by atoms with Crippen LogP contribution in [-0.2, 0) is 19.5 Å². The van der Waals surface area contributed by atoms with Gasteiger partial charge in [0.25, 0.3) is 0 Å². The summed E-state index contributed by atoms with van der Waals surface area (Å²) in [6.45, 7) is 5.00. The van der Waals surface area contributed by atoms with Crippen LogP contribution in [0.2, 0.25) is 0 Å². The van der Waals surface area contributed by atoms with E-state index in [0.717, 1.165) is 0 Å². The minimum Gasteiger partial charge on any atom is -0.450 e. The number of hydrogen-bond donors (Lipinski definition) is 3. The Morgan fingerprint density at radius 3 is 1.38 bits per heavy atom. The van der Waals surface area contributed by atoms with Gasteiger partial charge < -0.3 is 23.3 Å². The normalized spacial score (nSPS) is 3.75. The molecule has 0 saturated carbocycles. The van der Waals surface area contributed by atoms with Crippen molar-refractivity contribution in [2.75, 3.05) is 0 Å². The third-order valence-electron chi connectivity index (χ3n) is 0. The second-order valence-corrected chi connectivity index (χ2v) is 0.283. The Morgan fingerprint density at radius 2 is 1.38 bits per heavy atom. The van der Waals surface area contributed by atoms with Crippen LogP contribution in [0.5, 0.6) is 0 Å². The van der Waals surface area contributed by atoms with Gasteiger partial charge >= 0.3 is 6.16 Å². The average Bonchev–Trinajstić information content (AvgIpc) is 1.41. The van der Waals surface area contributed by atoms with Gasteiger partial charge in [0.15, 0.2) is 0 Å². The van der Waals surface area contributed by atoms with Gasteiger partial charge in [0.1, 0.15) is 0 Å². The van der Waals surface area contributed by atoms with Gasteiger partial charge in [-0.05, 0) is 0 Å². The van der Waals surface area contributed by atoms with Crippen LogP contribution < -0.4 is 6.15 Å². The van der Waals surface area contributed by atoms with Crippen LogP contribution in [-0.4, -0.2) is 16.4 Å². The maximum Gasteiger partial charge on any atom is 0.503 e. The van der Waals surface area contributed by atoms with Crippen molar-refractivity contribution in [1.82, 2.24) is 6.15 Å². The Labute approximate surface area is 61.2 Å². The van der Waals surface area contributed by atoms with E-state index in [1.54, 1.807) is 6.92 Å². The molecule has 0 radical (unpaired) electrons. The van der Waals surface area contributed by atoms with Gasteiger partial charge in [0.2, 0.25) is 0 Å². The molecule has 5 N–H and O–H groups in total. The summed E-state index contributed by atoms with van der Waals surface area (Å²) < 4.78 is 0. The van der Waals surface area contributed by atoms with Crippen molar-refractivity contribution in [3.8, 4) is 0 Å². The molecular formula is C3H10NO3Zn-. The summed E-state index contributed by atoms with van der Waals surface area (Å²) in [5, 5.41) is 13.9. The van der Waals surface area contributed by atoms with Crippen molar-refractivity contribution in [2.24, 2.45) is 0 Å². The maximum absolute atomic E-state index is 8.56. The molecule has 0 rings (SSSR count). The molecule has 0 unspecified atom stereocenters. The molecule has 0 atom stereocenters. The van der Waals surface area contributed by atoms with Crippen LogP contribution in [0.1, 0.15) is 6.92 Å². The summed E-state index contributed by atoms with van der Waals surface area (Å²) in [7, 11) is 0. The fourth-order valence-electron chi connectivity index (χ4n) is 0. The molecule has 0 amide bonds. The van der Waals surface area contributed by atoms with E-state index in [2.05, 4.69) is 6.92 Å². The molecular weight excluding hydrogens is 163 g/mol. The Morgan fingerprint density at radius 1 is 1.38 bits per heavy atom. The van der Waals surface area contributed by atoms with Gasteiger partial charge in [-0.2, -0.15) is 6.92 Å². The average molecular weight is 174 g/mol. The maximum atomic E-state index is 8.56. The van der Waals surface area contributed by atoms with Gasteiger partial charge in [-0.1, -0.05) is 0 Å². The molecule has 0 fully saturated rings. The summed E-state index contributed by atoms with van der Waals surface area (Å²) in [5.41, 5.74) is 0. The molecule has 4 nitrogen and oxygen atoms in total. The van der Waals surface area contributed by atoms with Gasteiger partial charge in [-0.3, -0.25) is 0 Å². The molecule has 8 heavy (non-hydrogen) atoms. The standard InChI is InChI=1S/C2H5.CH2O3.H3N.Zn/c1-2;2-1(3)4;;/h1H2,2H3;(H2,2,3,4);1H3;/q-1;;;. The minimum absolute atomic E-state index is 0. The molecule has 0 aromatic carbocycles. The van der Waals surface area contributed by atoms with Crippen molar-refractivity contribution < 1.29 is 34.5 Å². The molecule has 5 heteroatoms. The quantitative estimate of drug-likeness (QED) is 0.379. The van der Waals surface area contributed by atoms with E-state index < -0.39 is 6.16 Å². The van der Waals surface area contributed by atoms with Crippen LogP contribution in [0.15, 0.2) is 0 Å². The zero-order chi connectivity index (χ0) is 5.58. The van der Waals surface area contributed by atoms with E-state index in [1.165, 1.54) is 0 Å². The summed E-state index contributed by atoms with van der Waals surface area (Å²) in [6.07, 6.45) is -1.83. The number of carboxylic acid groups (broad SMARTS) is 2. The first kappa shape index (κ1) is 24.8. The molecule has 0 aromatic heterocycles. The summed E-state index contributed by atoms with van der Waals surface area (Å²) in [6, 6.07) is 0. The van der Waals surface area contributed by atoms with Gasteiger partial charge in [-0.15, -0.1) is 0 Å². The van der Waals surface area contributed by atoms with E-state index in [-0.39, 0.29) is 25.6 Å². The van der Waals surface area contributed by atoms with Crippen molar-refractivity contribution >= 4 is 6.16 Å². The molecule has 0 aliphatic carbocycles. The molecule has 0 saturated heterocycles. The van der Waals surface area contributed by atoms with Gasteiger partial charge in [0.05, 0.1) is 0 Å². The van der Waals surface area contributed by atoms with E-state index >= 15 is 0 Å². The molecule has 0 heterocycles. The van der Waals surface area contributed by atoms with Crippen LogP contribution in [0.25, 0.3) is 0 Å². The van der Waals surface area contributed by atoms with Crippen LogP contribution in [0.3, 0.4) is 0 Å². The van der Waals surface area contributed by atoms with E-state index in [1.807, 2.05) is 0 Å². The van der Waals surface area contributed by atoms with Gasteiger partial charge in [-0.25, -0.2) is 4.79 Å². The molecule has 0 spiro atoms. The SMILES string of the molecule is N.O=C(O)O.[CH2-]C.[Zn]. The zero-order valence-electron chi connectivity index (χ0n) is 4.92. The topological polar surface area (TPSA) is 92.5 Å². The Hall–Kier alpha value is -0.147. The van der Waals surface area contributed by atoms with Crippen LogP contribution >= 0.6 is 0 Å². The van der Waals surface area contributed by atoms with Crippen LogP contribution in [0, 0.1) is 6.92 Å². The molecule has 0 aromatic rings. The first-order chi connectivity index (χ1) is 2.73. The fraction of sp³-hybridized carbons (Fsp3) is 0.333. The van der Waals surface area contributed by atoms with Crippen LogP contribution in [0.4, 0.5) is 4.79 Å². The summed E-state index contributed by atoms with van der Waals surface area (Å²) in [5.74, 6) is 0. The Balaban J connectivity index is -0.0000000183. The predicted molar refractivity (Wildman–Crippen MR) is 26.7 cm³/mol. The first-order valence-electron chi connectivity index (χ1n) is 1.36. The predicted octanol–water partition coefficient (Wildman–Crippen LogP) is 1.22. The first-order valence-corrected chi connectivity index (χ1v) is 1.36. The van der Waals surface area contributed by atoms with Gasteiger partial charge in [0, 0.05) is 19.5 Å². The zero-order valence-corrected chi connectivity index (χ0v) is 7.89. The number of rotatable bonds is 0. The second-order valence-electron chi connectivity index (χ2n) is 0.283. The third-order valence-corrected chi connectivity index (χ3v) is 0. The second kappa shape index (κ2) is 28.8. The van der Waals surface area contributed by atoms with Crippen molar-refractivity contribution in [3.63, 3.8) is 0 Å². The number of carbonyl (C=O) groups is 1. The summed E-state index contributed by atoms with van der Waals surface area (Å²) in [4.78, 5) is 8.56. The van der Waals surface area contributed by atoms with E-state index in [4.69, 9.17) is 15.0 Å². The molecule has 0 aliphatic rings. The number of hydrogen-bond acceptors (Lipinski definition) is 2. The largest absolute Gasteiger partial charge is 0.503 e. The van der Waals surface area contributed by atoms with Crippen molar-refractivity contribution in [1.29, 1.82) is 0 Å². The molecule has 0 aliphatic heterocycles. The smallest absolute Gasteiger partial charge is 0.450 e. The van der Waals surface area contributed by atoms with Crippen molar-refractivity contribution in [2.45, 2.75) is 6.92 Å². The molecule has 0 bridgehead atoms. The Bertz CT molecular complexity index is 37.5. The summed E-state index contributed by atoms with van der Waals surface area (Å²) >= 11 is 0. The fourth-order valence-corrected chi connectivity index (χ4v) is 0. The van der Waals surface area contributed by atoms with E-state index in [0.29, 0.717) is 0 Å². The van der Waals surface area contributed by atoms with Crippen molar-refractivity contribution in [3.05, 3.63) is 6.92 Å². The Kier molecular flexibility index (Phi) is 89.6. The monoisotopic (exact) mass is 172 g/mol. The minimum atomic E-state index is -1.83. The third kappa shape index (κ3) is 6410.